The van der Waals surface area contributed by atoms with Crippen LogP contribution in [0.3, 0.4) is 0 Å². The Labute approximate surface area is 54.1 Å². The van der Waals surface area contributed by atoms with Crippen molar-refractivity contribution in [1.82, 2.24) is 0 Å². The van der Waals surface area contributed by atoms with Gasteiger partial charge in [-0.15, -0.1) is 0 Å². The van der Waals surface area contributed by atoms with Crippen LogP contribution < -0.4 is 0 Å². The summed E-state index contributed by atoms with van der Waals surface area (Å²) >= 11 is 10.2. The summed E-state index contributed by atoms with van der Waals surface area (Å²) in [4.78, 5) is 0. The molecule has 0 spiro atoms. The van der Waals surface area contributed by atoms with Gasteiger partial charge >= 0.3 is 0 Å². The number of hydrogen-bond acceptors (Lipinski definition) is 2. The third-order valence-electron chi connectivity index (χ3n) is 1.62. The Morgan fingerprint density at radius 3 is 1.29 bits per heavy atom. The molecule has 3 heteroatoms. The summed E-state index contributed by atoms with van der Waals surface area (Å²) in [7, 11) is -0.907. The maximum absolute atomic E-state index is 5.08. The SMILES string of the molecule is CC1C(C)S1(=S)=S. The van der Waals surface area contributed by atoms with E-state index in [2.05, 4.69) is 13.8 Å². The molecule has 0 aromatic heterocycles. The molecule has 7 heavy (non-hydrogen) atoms. The highest BCUT2D eigenvalue weighted by Crippen LogP contribution is 2.32. The highest BCUT2D eigenvalue weighted by atomic mass is 33.1. The van der Waals surface area contributed by atoms with Crippen LogP contribution in [0.25, 0.3) is 0 Å². The van der Waals surface area contributed by atoms with Gasteiger partial charge in [0.05, 0.1) is 0 Å². The van der Waals surface area contributed by atoms with Crippen molar-refractivity contribution < 1.29 is 0 Å². The third kappa shape index (κ3) is 0.712. The molecule has 1 saturated heterocycles. The van der Waals surface area contributed by atoms with Crippen LogP contribution in [0.5, 0.6) is 0 Å². The van der Waals surface area contributed by atoms with E-state index in [0.717, 1.165) is 0 Å². The molecule has 0 aromatic carbocycles. The molecule has 42 valence electrons. The zero-order valence-corrected chi connectivity index (χ0v) is 6.83. The van der Waals surface area contributed by atoms with Gasteiger partial charge in [0.25, 0.3) is 0 Å². The van der Waals surface area contributed by atoms with E-state index in [9.17, 15) is 0 Å². The Balaban J connectivity index is 2.92. The van der Waals surface area contributed by atoms with E-state index in [0.29, 0.717) is 10.5 Å². The van der Waals surface area contributed by atoms with Gasteiger partial charge in [-0.05, 0) is 22.4 Å². The minimum Gasteiger partial charge on any atom is -0.0820 e. The van der Waals surface area contributed by atoms with Crippen molar-refractivity contribution in [2.75, 3.05) is 0 Å². The molecule has 1 aliphatic rings. The second kappa shape index (κ2) is 1.39. The molecule has 0 saturated carbocycles. The van der Waals surface area contributed by atoms with Crippen LogP contribution in [0.1, 0.15) is 13.8 Å². The Bertz CT molecular complexity index is 151. The van der Waals surface area contributed by atoms with Crippen LogP contribution >= 0.6 is 0 Å². The maximum Gasteiger partial charge on any atom is 0.0232 e. The lowest BCUT2D eigenvalue weighted by molar-refractivity contribution is 1.05. The summed E-state index contributed by atoms with van der Waals surface area (Å²) in [5.41, 5.74) is 0. The molecule has 0 radical (unpaired) electrons. The Morgan fingerprint density at radius 2 is 1.29 bits per heavy atom. The first-order chi connectivity index (χ1) is 3.07. The molecular weight excluding hydrogens is 144 g/mol. The van der Waals surface area contributed by atoms with Crippen molar-refractivity contribution in [1.29, 1.82) is 0 Å². The summed E-state index contributed by atoms with van der Waals surface area (Å²) in [6.45, 7) is 4.31. The van der Waals surface area contributed by atoms with Gasteiger partial charge in [0.15, 0.2) is 0 Å². The van der Waals surface area contributed by atoms with E-state index in [1.54, 1.807) is 0 Å². The average Bonchev–Trinajstić information content (AvgIpc) is 1.91. The second-order valence-corrected chi connectivity index (χ2v) is 8.61. The van der Waals surface area contributed by atoms with Crippen molar-refractivity contribution in [3.63, 3.8) is 0 Å². The summed E-state index contributed by atoms with van der Waals surface area (Å²) in [6, 6.07) is 0. The maximum atomic E-state index is 5.08. The smallest absolute Gasteiger partial charge is 0.0232 e. The molecule has 1 heterocycles. The molecule has 0 aliphatic carbocycles. The van der Waals surface area contributed by atoms with Crippen LogP contribution in [0, 0.1) is 0 Å². The average molecular weight is 152 g/mol. The molecule has 1 rings (SSSR count). The molecule has 0 amide bonds. The van der Waals surface area contributed by atoms with E-state index in [1.165, 1.54) is 0 Å². The molecule has 0 nitrogen and oxygen atoms in total. The lowest BCUT2D eigenvalue weighted by atomic mass is 10.4. The van der Waals surface area contributed by atoms with Gasteiger partial charge in [0, 0.05) is 10.5 Å². The standard InChI is InChI=1S/C4H8S3/c1-3-4(2)7(3,5)6/h3-4H,1-2H3. The van der Waals surface area contributed by atoms with Crippen molar-refractivity contribution >= 4 is 29.5 Å². The molecule has 2 atom stereocenters. The van der Waals surface area contributed by atoms with Crippen molar-refractivity contribution in [2.45, 2.75) is 24.3 Å². The van der Waals surface area contributed by atoms with Gasteiger partial charge < -0.3 is 0 Å². The lowest BCUT2D eigenvalue weighted by Gasteiger charge is -1.66. The van der Waals surface area contributed by atoms with Gasteiger partial charge in [-0.2, -0.15) is 0 Å². The van der Waals surface area contributed by atoms with Crippen LogP contribution in [0.4, 0.5) is 0 Å². The molecular formula is C4H8S3. The van der Waals surface area contributed by atoms with E-state index < -0.39 is 7.15 Å². The Hall–Kier alpha value is 0.790. The van der Waals surface area contributed by atoms with Crippen molar-refractivity contribution in [3.8, 4) is 0 Å². The monoisotopic (exact) mass is 152 g/mol. The fraction of sp³-hybridized carbons (Fsp3) is 1.00. The lowest BCUT2D eigenvalue weighted by Crippen LogP contribution is -1.74. The third-order valence-corrected chi connectivity index (χ3v) is 7.84. The topological polar surface area (TPSA) is 0 Å². The first-order valence-electron chi connectivity index (χ1n) is 2.29. The van der Waals surface area contributed by atoms with E-state index in [4.69, 9.17) is 22.4 Å². The van der Waals surface area contributed by atoms with Gasteiger partial charge in [-0.1, -0.05) is 21.0 Å². The molecule has 2 unspecified atom stereocenters. The van der Waals surface area contributed by atoms with Gasteiger partial charge in [0.2, 0.25) is 0 Å². The largest absolute Gasteiger partial charge is 0.0820 e. The first-order valence-corrected chi connectivity index (χ1v) is 5.90. The number of hydrogen-bond donors (Lipinski definition) is 0. The van der Waals surface area contributed by atoms with Gasteiger partial charge in [-0.25, -0.2) is 0 Å². The summed E-state index contributed by atoms with van der Waals surface area (Å²) < 4.78 is 0. The fourth-order valence-electron chi connectivity index (χ4n) is 0.561. The van der Waals surface area contributed by atoms with E-state index in [-0.39, 0.29) is 0 Å². The zero-order chi connectivity index (χ0) is 5.65. The van der Waals surface area contributed by atoms with Gasteiger partial charge in [-0.3, -0.25) is 0 Å². The minimum atomic E-state index is -0.907. The molecule has 0 bridgehead atoms. The van der Waals surface area contributed by atoms with E-state index in [1.807, 2.05) is 0 Å². The molecule has 1 aliphatic heterocycles. The predicted molar refractivity (Wildman–Crippen MR) is 41.0 cm³/mol. The molecule has 0 aromatic rings. The van der Waals surface area contributed by atoms with Crippen molar-refractivity contribution in [3.05, 3.63) is 0 Å². The van der Waals surface area contributed by atoms with E-state index >= 15 is 0 Å². The molecule has 0 N–H and O–H groups in total. The first kappa shape index (κ1) is 5.92. The summed E-state index contributed by atoms with van der Waals surface area (Å²) in [6.07, 6.45) is 0. The highest BCUT2D eigenvalue weighted by molar-refractivity contribution is 8.60. The predicted octanol–water partition coefficient (Wildman–Crippen LogP) is 0.855. The normalized spacial score (nSPS) is 46.0. The Kier molecular flexibility index (Phi) is 1.18. The Morgan fingerprint density at radius 1 is 1.14 bits per heavy atom. The highest BCUT2D eigenvalue weighted by Gasteiger charge is 2.40. The minimum absolute atomic E-state index is 0.678. The summed E-state index contributed by atoms with van der Waals surface area (Å²) in [5.74, 6) is 0. The van der Waals surface area contributed by atoms with Crippen LogP contribution in [-0.4, -0.2) is 10.5 Å². The molecule has 1 fully saturated rings. The van der Waals surface area contributed by atoms with Gasteiger partial charge in [0.1, 0.15) is 0 Å². The van der Waals surface area contributed by atoms with Crippen LogP contribution in [0.2, 0.25) is 0 Å². The second-order valence-electron chi connectivity index (χ2n) is 2.00. The van der Waals surface area contributed by atoms with Crippen LogP contribution in [0.15, 0.2) is 0 Å². The zero-order valence-electron chi connectivity index (χ0n) is 4.38. The summed E-state index contributed by atoms with van der Waals surface area (Å²) in [5, 5.41) is 1.36. The number of rotatable bonds is 0. The van der Waals surface area contributed by atoms with Crippen molar-refractivity contribution in [2.24, 2.45) is 0 Å². The van der Waals surface area contributed by atoms with Crippen LogP contribution in [-0.2, 0) is 29.5 Å². The fourth-order valence-corrected chi connectivity index (χ4v) is 4.10. The quantitative estimate of drug-likeness (QED) is 0.472.